The number of rotatable bonds is 5. The molecule has 1 atom stereocenters. The second-order valence-corrected chi connectivity index (χ2v) is 8.40. The zero-order chi connectivity index (χ0) is 19.5. The first-order valence-electron chi connectivity index (χ1n) is 9.12. The molecule has 0 aliphatic rings. The Morgan fingerprint density at radius 2 is 1.54 bits per heavy atom. The molecule has 0 N–H and O–H groups in total. The molecule has 3 aromatic carbocycles. The second-order valence-electron chi connectivity index (χ2n) is 6.65. The lowest BCUT2D eigenvalue weighted by molar-refractivity contribution is 0.878. The van der Waals surface area contributed by atoms with Gasteiger partial charge in [0.25, 0.3) is 0 Å². The van der Waals surface area contributed by atoms with Crippen LogP contribution in [0.25, 0.3) is 17.1 Å². The van der Waals surface area contributed by atoms with E-state index in [1.54, 1.807) is 11.8 Å². The number of benzene rings is 3. The molecule has 28 heavy (non-hydrogen) atoms. The number of hydrogen-bond acceptors (Lipinski definition) is 3. The van der Waals surface area contributed by atoms with Crippen molar-refractivity contribution in [2.45, 2.75) is 24.3 Å². The van der Waals surface area contributed by atoms with Crippen molar-refractivity contribution in [2.75, 3.05) is 0 Å². The SMILES string of the molecule is Cc1ccc(-c2nnc(S[C@@H](C)c3ccccc3)n2-c2ccc(Cl)cc2)cc1. The number of thioether (sulfide) groups is 1. The normalized spacial score (nSPS) is 12.1. The minimum absolute atomic E-state index is 0.252. The van der Waals surface area contributed by atoms with E-state index in [9.17, 15) is 0 Å². The summed E-state index contributed by atoms with van der Waals surface area (Å²) < 4.78 is 2.10. The molecule has 0 radical (unpaired) electrons. The molecule has 0 aliphatic heterocycles. The smallest absolute Gasteiger partial charge is 0.196 e. The maximum atomic E-state index is 6.11. The van der Waals surface area contributed by atoms with Gasteiger partial charge in [-0.3, -0.25) is 4.57 Å². The summed E-state index contributed by atoms with van der Waals surface area (Å²) in [4.78, 5) is 0. The van der Waals surface area contributed by atoms with Crippen LogP contribution in [0.15, 0.2) is 84.0 Å². The molecule has 1 heterocycles. The van der Waals surface area contributed by atoms with Crippen molar-refractivity contribution >= 4 is 23.4 Å². The monoisotopic (exact) mass is 405 g/mol. The summed E-state index contributed by atoms with van der Waals surface area (Å²) in [6, 6.07) is 26.6. The highest BCUT2D eigenvalue weighted by atomic mass is 35.5. The van der Waals surface area contributed by atoms with Gasteiger partial charge in [0.15, 0.2) is 11.0 Å². The molecule has 4 aromatic rings. The van der Waals surface area contributed by atoms with Crippen LogP contribution in [0.1, 0.15) is 23.3 Å². The van der Waals surface area contributed by atoms with E-state index in [0.29, 0.717) is 5.02 Å². The topological polar surface area (TPSA) is 30.7 Å². The third kappa shape index (κ3) is 3.98. The van der Waals surface area contributed by atoms with Gasteiger partial charge in [-0.1, -0.05) is 83.5 Å². The standard InChI is InChI=1S/C23H20ClN3S/c1-16-8-10-19(11-9-16)22-25-26-23(27(22)21-14-12-20(24)13-15-21)28-17(2)18-6-4-3-5-7-18/h3-15,17H,1-2H3/t17-/m0/s1. The zero-order valence-electron chi connectivity index (χ0n) is 15.7. The number of nitrogens with zero attached hydrogens (tertiary/aromatic N) is 3. The first-order chi connectivity index (χ1) is 13.6. The van der Waals surface area contributed by atoms with Crippen molar-refractivity contribution in [2.24, 2.45) is 0 Å². The van der Waals surface area contributed by atoms with Crippen molar-refractivity contribution in [3.05, 3.63) is 95.0 Å². The van der Waals surface area contributed by atoms with E-state index in [-0.39, 0.29) is 5.25 Å². The van der Waals surface area contributed by atoms with Gasteiger partial charge >= 0.3 is 0 Å². The molecule has 0 bridgehead atoms. The predicted molar refractivity (Wildman–Crippen MR) is 117 cm³/mol. The Hall–Kier alpha value is -2.56. The van der Waals surface area contributed by atoms with E-state index in [0.717, 1.165) is 22.2 Å². The van der Waals surface area contributed by atoms with Gasteiger partial charge in [-0.2, -0.15) is 0 Å². The first kappa shape index (κ1) is 18.8. The Morgan fingerprint density at radius 1 is 0.857 bits per heavy atom. The molecule has 0 amide bonds. The van der Waals surface area contributed by atoms with Crippen molar-refractivity contribution in [3.8, 4) is 17.1 Å². The van der Waals surface area contributed by atoms with E-state index in [1.807, 2.05) is 30.3 Å². The molecule has 0 saturated heterocycles. The fourth-order valence-electron chi connectivity index (χ4n) is 3.01. The zero-order valence-corrected chi connectivity index (χ0v) is 17.3. The van der Waals surface area contributed by atoms with Crippen molar-refractivity contribution in [1.82, 2.24) is 14.8 Å². The molecule has 1 aromatic heterocycles. The number of hydrogen-bond donors (Lipinski definition) is 0. The molecule has 0 saturated carbocycles. The maximum absolute atomic E-state index is 6.11. The highest BCUT2D eigenvalue weighted by Crippen LogP contribution is 2.37. The fourth-order valence-corrected chi connectivity index (χ4v) is 4.13. The van der Waals surface area contributed by atoms with Gasteiger partial charge in [0.05, 0.1) is 0 Å². The van der Waals surface area contributed by atoms with Crippen molar-refractivity contribution < 1.29 is 0 Å². The molecule has 3 nitrogen and oxygen atoms in total. The lowest BCUT2D eigenvalue weighted by Crippen LogP contribution is -2.00. The van der Waals surface area contributed by atoms with Crippen molar-refractivity contribution in [1.29, 1.82) is 0 Å². The molecular weight excluding hydrogens is 386 g/mol. The van der Waals surface area contributed by atoms with Gasteiger partial charge in [-0.05, 0) is 43.7 Å². The average molecular weight is 406 g/mol. The third-order valence-electron chi connectivity index (χ3n) is 4.58. The van der Waals surface area contributed by atoms with Crippen LogP contribution in [0.3, 0.4) is 0 Å². The van der Waals surface area contributed by atoms with Crippen LogP contribution < -0.4 is 0 Å². The molecule has 0 aliphatic carbocycles. The van der Waals surface area contributed by atoms with Gasteiger partial charge in [-0.15, -0.1) is 10.2 Å². The summed E-state index contributed by atoms with van der Waals surface area (Å²) in [7, 11) is 0. The minimum Gasteiger partial charge on any atom is -0.270 e. The van der Waals surface area contributed by atoms with Crippen LogP contribution in [0.2, 0.25) is 5.02 Å². The maximum Gasteiger partial charge on any atom is 0.196 e. The predicted octanol–water partition coefficient (Wildman–Crippen LogP) is 6.75. The number of aromatic nitrogens is 3. The summed E-state index contributed by atoms with van der Waals surface area (Å²) >= 11 is 7.80. The van der Waals surface area contributed by atoms with Crippen LogP contribution in [0, 0.1) is 6.92 Å². The Morgan fingerprint density at radius 3 is 2.21 bits per heavy atom. The molecule has 0 unspecified atom stereocenters. The van der Waals surface area contributed by atoms with Crippen LogP contribution in [-0.4, -0.2) is 14.8 Å². The highest BCUT2D eigenvalue weighted by Gasteiger charge is 2.19. The Balaban J connectivity index is 1.78. The van der Waals surface area contributed by atoms with Gasteiger partial charge in [0, 0.05) is 21.5 Å². The van der Waals surface area contributed by atoms with E-state index < -0.39 is 0 Å². The first-order valence-corrected chi connectivity index (χ1v) is 10.4. The Labute approximate surface area is 174 Å². The molecule has 4 rings (SSSR count). The minimum atomic E-state index is 0.252. The summed E-state index contributed by atoms with van der Waals surface area (Å²) in [5.41, 5.74) is 4.50. The van der Waals surface area contributed by atoms with Crippen LogP contribution in [-0.2, 0) is 0 Å². The van der Waals surface area contributed by atoms with Gasteiger partial charge in [0.1, 0.15) is 0 Å². The molecule has 0 spiro atoms. The molecule has 5 heteroatoms. The van der Waals surface area contributed by atoms with Crippen LogP contribution in [0.4, 0.5) is 0 Å². The van der Waals surface area contributed by atoms with Gasteiger partial charge in [0.2, 0.25) is 0 Å². The lowest BCUT2D eigenvalue weighted by Gasteiger charge is -2.14. The largest absolute Gasteiger partial charge is 0.270 e. The average Bonchev–Trinajstić information content (AvgIpc) is 3.13. The highest BCUT2D eigenvalue weighted by molar-refractivity contribution is 7.99. The van der Waals surface area contributed by atoms with E-state index in [2.05, 4.69) is 77.1 Å². The second kappa shape index (κ2) is 8.21. The van der Waals surface area contributed by atoms with Crippen molar-refractivity contribution in [3.63, 3.8) is 0 Å². The Bertz CT molecular complexity index is 1060. The van der Waals surface area contributed by atoms with Crippen LogP contribution >= 0.6 is 23.4 Å². The fraction of sp³-hybridized carbons (Fsp3) is 0.130. The number of aryl methyl sites for hydroxylation is 1. The third-order valence-corrected chi connectivity index (χ3v) is 5.93. The molecule has 140 valence electrons. The lowest BCUT2D eigenvalue weighted by atomic mass is 10.1. The molecule has 0 fully saturated rings. The summed E-state index contributed by atoms with van der Waals surface area (Å²) in [6.45, 7) is 4.27. The van der Waals surface area contributed by atoms with Gasteiger partial charge in [-0.25, -0.2) is 0 Å². The van der Waals surface area contributed by atoms with E-state index in [4.69, 9.17) is 11.6 Å². The number of halogens is 1. The van der Waals surface area contributed by atoms with Gasteiger partial charge < -0.3 is 0 Å². The quantitative estimate of drug-likeness (QED) is 0.344. The van der Waals surface area contributed by atoms with E-state index >= 15 is 0 Å². The van der Waals surface area contributed by atoms with E-state index in [1.165, 1.54) is 11.1 Å². The molecular formula is C23H20ClN3S. The summed E-state index contributed by atoms with van der Waals surface area (Å²) in [5.74, 6) is 0.824. The Kier molecular flexibility index (Phi) is 5.51. The summed E-state index contributed by atoms with van der Waals surface area (Å²) in [5, 5.41) is 10.9. The summed E-state index contributed by atoms with van der Waals surface area (Å²) in [6.07, 6.45) is 0. The van der Waals surface area contributed by atoms with Crippen LogP contribution in [0.5, 0.6) is 0 Å².